The summed E-state index contributed by atoms with van der Waals surface area (Å²) in [6.45, 7) is 2.47. The fourth-order valence-electron chi connectivity index (χ4n) is 3.84. The van der Waals surface area contributed by atoms with E-state index in [1.165, 1.54) is 14.2 Å². The summed E-state index contributed by atoms with van der Waals surface area (Å²) in [6, 6.07) is 14.5. The number of carbonyl (C=O) groups is 2. The normalized spacial score (nSPS) is 12.7. The second kappa shape index (κ2) is 11.0. The zero-order valence-corrected chi connectivity index (χ0v) is 19.9. The van der Waals surface area contributed by atoms with Gasteiger partial charge in [0.25, 0.3) is 11.8 Å². The first-order chi connectivity index (χ1) is 16.0. The summed E-state index contributed by atoms with van der Waals surface area (Å²) in [6.07, 6.45) is 0.672. The number of carbonyl (C=O) groups excluding carboxylic acids is 2. The van der Waals surface area contributed by atoms with Gasteiger partial charge in [-0.3, -0.25) is 9.59 Å². The van der Waals surface area contributed by atoms with Gasteiger partial charge in [0, 0.05) is 42.6 Å². The van der Waals surface area contributed by atoms with Gasteiger partial charge >= 0.3 is 0 Å². The van der Waals surface area contributed by atoms with E-state index in [1.807, 2.05) is 31.2 Å². The van der Waals surface area contributed by atoms with Gasteiger partial charge in [0.15, 0.2) is 5.71 Å². The fraction of sp³-hybridized carbons (Fsp3) is 0.250. The fourth-order valence-corrected chi connectivity index (χ4v) is 3.84. The maximum atomic E-state index is 13.4. The predicted octanol–water partition coefficient (Wildman–Crippen LogP) is 3.60. The van der Waals surface area contributed by atoms with Crippen molar-refractivity contribution < 1.29 is 19.2 Å². The number of amides is 2. The van der Waals surface area contributed by atoms with Crippen molar-refractivity contribution in [3.8, 4) is 11.3 Å². The standard InChI is InChI=1S/C24H25N5O4.ClH/c1-15-25-19-12-13-29(21-7-5-4-6-18(21)22(19)26-15)24(31)16-8-10-17(11-9-16)27-23(30)20(14-32-2)28-33-3;/h4-11H,12-14H2,1-3H3,(H,25,26)(H,27,30);1H. The molecule has 0 radical (unpaired) electrons. The lowest BCUT2D eigenvalue weighted by Crippen LogP contribution is -2.32. The molecule has 2 N–H and O–H groups in total. The average Bonchev–Trinajstić information content (AvgIpc) is 3.12. The van der Waals surface area contributed by atoms with Crippen molar-refractivity contribution in [2.45, 2.75) is 13.3 Å². The molecule has 0 spiro atoms. The molecule has 3 aromatic rings. The van der Waals surface area contributed by atoms with Gasteiger partial charge in [0.1, 0.15) is 12.9 Å². The minimum Gasteiger partial charge on any atom is -0.399 e. The van der Waals surface area contributed by atoms with Crippen LogP contribution in [0.2, 0.25) is 0 Å². The molecule has 1 aromatic heterocycles. The molecule has 1 aliphatic rings. The lowest BCUT2D eigenvalue weighted by atomic mass is 10.1. The number of benzene rings is 2. The Labute approximate surface area is 203 Å². The highest BCUT2D eigenvalue weighted by Crippen LogP contribution is 2.35. The van der Waals surface area contributed by atoms with Gasteiger partial charge in [-0.25, -0.2) is 4.98 Å². The Morgan fingerprint density at radius 3 is 2.59 bits per heavy atom. The van der Waals surface area contributed by atoms with E-state index in [1.54, 1.807) is 29.2 Å². The Balaban J connectivity index is 0.00000324. The van der Waals surface area contributed by atoms with Crippen molar-refractivity contribution >= 4 is 41.3 Å². The SMILES string of the molecule is COCC(=NOC)C(=O)Nc1ccc(C(=O)N2CCc3[nH]c(C)nc3-c3ccccc32)cc1.Cl. The van der Waals surface area contributed by atoms with Crippen LogP contribution in [0.4, 0.5) is 11.4 Å². The van der Waals surface area contributed by atoms with Gasteiger partial charge in [-0.2, -0.15) is 0 Å². The van der Waals surface area contributed by atoms with Gasteiger partial charge in [-0.1, -0.05) is 23.4 Å². The molecule has 178 valence electrons. The number of aromatic nitrogens is 2. The van der Waals surface area contributed by atoms with Crippen molar-refractivity contribution in [2.75, 3.05) is 37.6 Å². The molecular weight excluding hydrogens is 458 g/mol. The molecule has 0 saturated carbocycles. The number of nitrogens with zero attached hydrogens (tertiary/aromatic N) is 3. The van der Waals surface area contributed by atoms with Gasteiger partial charge in [0.2, 0.25) is 0 Å². The van der Waals surface area contributed by atoms with Gasteiger partial charge in [-0.15, -0.1) is 12.4 Å². The van der Waals surface area contributed by atoms with Gasteiger partial charge in [0.05, 0.1) is 18.0 Å². The largest absolute Gasteiger partial charge is 0.399 e. The van der Waals surface area contributed by atoms with E-state index in [2.05, 4.69) is 25.3 Å². The van der Waals surface area contributed by atoms with Crippen molar-refractivity contribution in [1.82, 2.24) is 9.97 Å². The third-order valence-corrected chi connectivity index (χ3v) is 5.31. The van der Waals surface area contributed by atoms with E-state index in [0.29, 0.717) is 24.2 Å². The molecule has 0 unspecified atom stereocenters. The molecule has 2 heterocycles. The maximum Gasteiger partial charge on any atom is 0.275 e. The first-order valence-electron chi connectivity index (χ1n) is 10.5. The lowest BCUT2D eigenvalue weighted by molar-refractivity contribution is -0.110. The quantitative estimate of drug-likeness (QED) is 0.411. The molecular formula is C24H26ClN5O4. The molecule has 0 saturated heterocycles. The second-order valence-electron chi connectivity index (χ2n) is 7.56. The number of fused-ring (bicyclic) bond motifs is 3. The number of hydrogen-bond acceptors (Lipinski definition) is 6. The highest BCUT2D eigenvalue weighted by molar-refractivity contribution is 6.43. The zero-order chi connectivity index (χ0) is 23.4. The molecule has 34 heavy (non-hydrogen) atoms. The second-order valence-corrected chi connectivity index (χ2v) is 7.56. The molecule has 0 fully saturated rings. The number of para-hydroxylation sites is 1. The van der Waals surface area contributed by atoms with Crippen LogP contribution in [0.1, 0.15) is 21.9 Å². The van der Waals surface area contributed by atoms with Crippen molar-refractivity contribution in [3.05, 3.63) is 65.6 Å². The number of hydrogen-bond donors (Lipinski definition) is 2. The Hall–Kier alpha value is -3.69. The van der Waals surface area contributed by atoms with E-state index in [4.69, 9.17) is 4.74 Å². The first-order valence-corrected chi connectivity index (χ1v) is 10.5. The molecule has 9 nitrogen and oxygen atoms in total. The van der Waals surface area contributed by atoms with Crippen LogP contribution in [0.3, 0.4) is 0 Å². The van der Waals surface area contributed by atoms with E-state index < -0.39 is 5.91 Å². The monoisotopic (exact) mass is 483 g/mol. The minimum atomic E-state index is -0.442. The molecule has 4 rings (SSSR count). The Morgan fingerprint density at radius 2 is 1.88 bits per heavy atom. The number of halogens is 1. The number of oxime groups is 1. The van der Waals surface area contributed by atoms with Crippen LogP contribution in [-0.2, 0) is 20.8 Å². The molecule has 2 amide bonds. The molecule has 1 aliphatic heterocycles. The smallest absolute Gasteiger partial charge is 0.275 e. The summed E-state index contributed by atoms with van der Waals surface area (Å²) in [5.74, 6) is 0.294. The third kappa shape index (κ3) is 5.11. The number of rotatable bonds is 6. The lowest BCUT2D eigenvalue weighted by Gasteiger charge is -2.23. The summed E-state index contributed by atoms with van der Waals surface area (Å²) in [7, 11) is 2.83. The highest BCUT2D eigenvalue weighted by Gasteiger charge is 2.26. The first kappa shape index (κ1) is 24.9. The number of imidazole rings is 1. The molecule has 0 aliphatic carbocycles. The summed E-state index contributed by atoms with van der Waals surface area (Å²) >= 11 is 0. The van der Waals surface area contributed by atoms with E-state index in [0.717, 1.165) is 28.5 Å². The number of ether oxygens (including phenoxy) is 1. The van der Waals surface area contributed by atoms with Crippen molar-refractivity contribution in [2.24, 2.45) is 5.16 Å². The number of aromatic amines is 1. The van der Waals surface area contributed by atoms with E-state index in [9.17, 15) is 9.59 Å². The topological polar surface area (TPSA) is 109 Å². The third-order valence-electron chi connectivity index (χ3n) is 5.31. The van der Waals surface area contributed by atoms with Crippen LogP contribution in [-0.4, -0.2) is 54.9 Å². The number of H-pyrrole nitrogens is 1. The summed E-state index contributed by atoms with van der Waals surface area (Å²) in [5.41, 5.74) is 4.81. The highest BCUT2D eigenvalue weighted by atomic mass is 35.5. The number of nitrogens with one attached hydrogen (secondary N) is 2. The number of methoxy groups -OCH3 is 1. The zero-order valence-electron chi connectivity index (χ0n) is 19.1. The minimum absolute atomic E-state index is 0. The van der Waals surface area contributed by atoms with E-state index in [-0.39, 0.29) is 30.6 Å². The average molecular weight is 484 g/mol. The Bertz CT molecular complexity index is 1210. The summed E-state index contributed by atoms with van der Waals surface area (Å²) in [5, 5.41) is 6.41. The number of aryl methyl sites for hydroxylation is 1. The van der Waals surface area contributed by atoms with Crippen molar-refractivity contribution in [1.29, 1.82) is 0 Å². The van der Waals surface area contributed by atoms with Crippen LogP contribution in [0.25, 0.3) is 11.3 Å². The van der Waals surface area contributed by atoms with Crippen LogP contribution in [0, 0.1) is 6.92 Å². The van der Waals surface area contributed by atoms with Crippen LogP contribution < -0.4 is 10.2 Å². The van der Waals surface area contributed by atoms with Crippen molar-refractivity contribution in [3.63, 3.8) is 0 Å². The maximum absolute atomic E-state index is 13.4. The van der Waals surface area contributed by atoms with E-state index >= 15 is 0 Å². The summed E-state index contributed by atoms with van der Waals surface area (Å²) < 4.78 is 4.97. The Morgan fingerprint density at radius 1 is 1.15 bits per heavy atom. The number of anilines is 2. The predicted molar refractivity (Wildman–Crippen MR) is 133 cm³/mol. The van der Waals surface area contributed by atoms with Crippen LogP contribution in [0.15, 0.2) is 53.7 Å². The van der Waals surface area contributed by atoms with Gasteiger partial charge < -0.3 is 24.8 Å². The van der Waals surface area contributed by atoms with Crippen LogP contribution >= 0.6 is 12.4 Å². The van der Waals surface area contributed by atoms with Crippen LogP contribution in [0.5, 0.6) is 0 Å². The van der Waals surface area contributed by atoms with Gasteiger partial charge in [-0.05, 0) is 37.3 Å². The molecule has 0 atom stereocenters. The Kier molecular flexibility index (Phi) is 8.04. The molecule has 10 heteroatoms. The molecule has 0 bridgehead atoms. The molecule has 2 aromatic carbocycles. The summed E-state index contributed by atoms with van der Waals surface area (Å²) in [4.78, 5) is 40.2.